The van der Waals surface area contributed by atoms with Crippen LogP contribution in [0, 0.1) is 11.3 Å². The van der Waals surface area contributed by atoms with Gasteiger partial charge in [0.25, 0.3) is 0 Å². The Morgan fingerprint density at radius 2 is 2.48 bits per heavy atom. The summed E-state index contributed by atoms with van der Waals surface area (Å²) in [6.07, 6.45) is 1.18. The molecule has 0 radical (unpaired) electrons. The summed E-state index contributed by atoms with van der Waals surface area (Å²) in [6.45, 7) is -0.187. The number of aromatic nitrogens is 3. The third-order valence-electron chi connectivity index (χ3n) is 3.81. The number of fused-ring (bicyclic) bond motifs is 1. The summed E-state index contributed by atoms with van der Waals surface area (Å²) in [5, 5.41) is 13.6. The number of nitrogens with two attached hydrogens (primary N) is 1. The molecule has 2 aromatic heterocycles. The van der Waals surface area contributed by atoms with Gasteiger partial charge in [-0.05, 0) is 25.0 Å². The van der Waals surface area contributed by atoms with E-state index in [4.69, 9.17) is 15.2 Å². The normalized spacial score (nSPS) is 23.6. The van der Waals surface area contributed by atoms with Crippen molar-refractivity contribution in [3.05, 3.63) is 24.2 Å². The van der Waals surface area contributed by atoms with Crippen LogP contribution in [-0.2, 0) is 14.2 Å². The van der Waals surface area contributed by atoms with Crippen molar-refractivity contribution in [1.82, 2.24) is 14.6 Å². The maximum absolute atomic E-state index is 11.1. The monoisotopic (exact) mass is 317 g/mol. The summed E-state index contributed by atoms with van der Waals surface area (Å²) in [5.41, 5.74) is 6.06. The van der Waals surface area contributed by atoms with Gasteiger partial charge in [0.05, 0.1) is 12.8 Å². The van der Waals surface area contributed by atoms with Crippen LogP contribution >= 0.6 is 0 Å². The summed E-state index contributed by atoms with van der Waals surface area (Å²) in [7, 11) is 1.20. The standard InChI is InChI=1S/C14H15N5O4/c1-21-13(20)22-7-14(6-15)5-4-11(23-14)9-2-3-10-12(16)17-8-18-19(9)10/h2-3,8,11H,4-5,7H2,1H3,(H2,16,17,18)/t11-,14-/m1/s1. The van der Waals surface area contributed by atoms with E-state index in [9.17, 15) is 10.1 Å². The van der Waals surface area contributed by atoms with Gasteiger partial charge in [-0.15, -0.1) is 0 Å². The SMILES string of the molecule is COC(=O)OC[C@]1(C#N)CC[C@H](c2ccc3c(N)ncnn23)O1. The molecule has 9 heteroatoms. The Balaban J connectivity index is 1.81. The molecule has 1 aliphatic rings. The molecule has 1 aliphatic heterocycles. The summed E-state index contributed by atoms with van der Waals surface area (Å²) >= 11 is 0. The third kappa shape index (κ3) is 2.64. The second kappa shape index (κ2) is 5.73. The van der Waals surface area contributed by atoms with Crippen LogP contribution in [0.25, 0.3) is 5.52 Å². The van der Waals surface area contributed by atoms with E-state index in [2.05, 4.69) is 20.9 Å². The second-order valence-corrected chi connectivity index (χ2v) is 5.19. The highest BCUT2D eigenvalue weighted by Crippen LogP contribution is 2.40. The molecule has 0 spiro atoms. The smallest absolute Gasteiger partial charge is 0.438 e. The molecule has 0 unspecified atom stereocenters. The number of nitrogen functional groups attached to an aromatic ring is 1. The number of hydrogen-bond acceptors (Lipinski definition) is 8. The fraction of sp³-hybridized carbons (Fsp3) is 0.429. The van der Waals surface area contributed by atoms with E-state index >= 15 is 0 Å². The zero-order valence-corrected chi connectivity index (χ0v) is 12.4. The number of rotatable bonds is 3. The lowest BCUT2D eigenvalue weighted by Gasteiger charge is -2.21. The van der Waals surface area contributed by atoms with E-state index in [1.165, 1.54) is 13.4 Å². The highest BCUT2D eigenvalue weighted by Gasteiger charge is 2.43. The van der Waals surface area contributed by atoms with Gasteiger partial charge in [0.1, 0.15) is 30.6 Å². The van der Waals surface area contributed by atoms with Crippen molar-refractivity contribution < 1.29 is 19.0 Å². The lowest BCUT2D eigenvalue weighted by atomic mass is 10.0. The molecular weight excluding hydrogens is 302 g/mol. The lowest BCUT2D eigenvalue weighted by molar-refractivity contribution is -0.0524. The highest BCUT2D eigenvalue weighted by atomic mass is 16.7. The average molecular weight is 317 g/mol. The Labute approximate surface area is 131 Å². The van der Waals surface area contributed by atoms with Gasteiger partial charge in [0.15, 0.2) is 11.4 Å². The fourth-order valence-corrected chi connectivity index (χ4v) is 2.63. The second-order valence-electron chi connectivity index (χ2n) is 5.19. The van der Waals surface area contributed by atoms with E-state index in [1.807, 2.05) is 6.07 Å². The number of methoxy groups -OCH3 is 1. The van der Waals surface area contributed by atoms with Crippen LogP contribution in [0.4, 0.5) is 10.6 Å². The van der Waals surface area contributed by atoms with Crippen molar-refractivity contribution in [2.24, 2.45) is 0 Å². The average Bonchev–Trinajstić information content (AvgIpc) is 3.18. The van der Waals surface area contributed by atoms with Gasteiger partial charge in [0.2, 0.25) is 0 Å². The van der Waals surface area contributed by atoms with Gasteiger partial charge < -0.3 is 19.9 Å². The molecule has 2 atom stereocenters. The summed E-state index contributed by atoms with van der Waals surface area (Å²) in [4.78, 5) is 15.0. The zero-order chi connectivity index (χ0) is 16.4. The van der Waals surface area contributed by atoms with Gasteiger partial charge >= 0.3 is 6.16 Å². The summed E-state index contributed by atoms with van der Waals surface area (Å²) in [6, 6.07) is 5.72. The minimum Gasteiger partial charge on any atom is -0.438 e. The number of nitrogens with zero attached hydrogens (tertiary/aromatic N) is 4. The van der Waals surface area contributed by atoms with Gasteiger partial charge in [-0.3, -0.25) is 0 Å². The number of carbonyl (C=O) groups is 1. The van der Waals surface area contributed by atoms with Crippen LogP contribution in [-0.4, -0.2) is 40.1 Å². The first-order valence-electron chi connectivity index (χ1n) is 6.96. The number of carbonyl (C=O) groups excluding carboxylic acids is 1. The molecule has 0 aliphatic carbocycles. The van der Waals surface area contributed by atoms with Crippen LogP contribution in [0.1, 0.15) is 24.6 Å². The highest BCUT2D eigenvalue weighted by molar-refractivity contribution is 5.65. The minimum atomic E-state index is -1.19. The van der Waals surface area contributed by atoms with Crippen molar-refractivity contribution in [2.75, 3.05) is 19.5 Å². The predicted octanol–water partition coefficient (Wildman–Crippen LogP) is 1.21. The topological polar surface area (TPSA) is 125 Å². The Hall–Kier alpha value is -2.86. The number of ether oxygens (including phenoxy) is 3. The Kier molecular flexibility index (Phi) is 3.75. The van der Waals surface area contributed by atoms with Crippen molar-refractivity contribution in [2.45, 2.75) is 24.5 Å². The molecule has 2 N–H and O–H groups in total. The largest absolute Gasteiger partial charge is 0.508 e. The molecule has 2 aromatic rings. The molecule has 1 saturated heterocycles. The van der Waals surface area contributed by atoms with E-state index in [-0.39, 0.29) is 12.7 Å². The minimum absolute atomic E-state index is 0.187. The van der Waals surface area contributed by atoms with Crippen molar-refractivity contribution >= 4 is 17.5 Å². The fourth-order valence-electron chi connectivity index (χ4n) is 2.63. The van der Waals surface area contributed by atoms with Crippen molar-refractivity contribution in [3.63, 3.8) is 0 Å². The maximum Gasteiger partial charge on any atom is 0.508 e. The van der Waals surface area contributed by atoms with Crippen LogP contribution in [0.5, 0.6) is 0 Å². The Bertz CT molecular complexity index is 783. The Morgan fingerprint density at radius 1 is 1.65 bits per heavy atom. The maximum atomic E-state index is 11.1. The van der Waals surface area contributed by atoms with Crippen molar-refractivity contribution in [3.8, 4) is 6.07 Å². The van der Waals surface area contributed by atoms with Crippen LogP contribution in [0.15, 0.2) is 18.5 Å². The predicted molar refractivity (Wildman–Crippen MR) is 77.2 cm³/mol. The van der Waals surface area contributed by atoms with Crippen LogP contribution in [0.3, 0.4) is 0 Å². The van der Waals surface area contributed by atoms with E-state index in [1.54, 1.807) is 10.6 Å². The molecular formula is C14H15N5O4. The lowest BCUT2D eigenvalue weighted by Crippen LogP contribution is -2.33. The zero-order valence-electron chi connectivity index (χ0n) is 12.4. The molecule has 1 fully saturated rings. The molecule has 120 valence electrons. The van der Waals surface area contributed by atoms with Crippen molar-refractivity contribution in [1.29, 1.82) is 5.26 Å². The van der Waals surface area contributed by atoms with E-state index < -0.39 is 11.8 Å². The number of hydrogen-bond donors (Lipinski definition) is 1. The summed E-state index contributed by atoms with van der Waals surface area (Å²) in [5.74, 6) is 0.366. The quantitative estimate of drug-likeness (QED) is 0.837. The van der Waals surface area contributed by atoms with Crippen LogP contribution in [0.2, 0.25) is 0 Å². The molecule has 3 heterocycles. The molecule has 0 bridgehead atoms. The van der Waals surface area contributed by atoms with Crippen LogP contribution < -0.4 is 5.73 Å². The molecule has 23 heavy (non-hydrogen) atoms. The first kappa shape index (κ1) is 15.1. The number of nitriles is 1. The first-order valence-corrected chi connectivity index (χ1v) is 6.96. The van der Waals surface area contributed by atoms with Gasteiger partial charge in [-0.2, -0.15) is 10.4 Å². The van der Waals surface area contributed by atoms with E-state index in [0.717, 1.165) is 5.69 Å². The Morgan fingerprint density at radius 3 is 3.22 bits per heavy atom. The molecule has 0 aromatic carbocycles. The van der Waals surface area contributed by atoms with Gasteiger partial charge in [-0.25, -0.2) is 14.3 Å². The molecule has 3 rings (SSSR count). The number of anilines is 1. The molecule has 0 saturated carbocycles. The first-order chi connectivity index (χ1) is 11.1. The summed E-state index contributed by atoms with van der Waals surface area (Å²) < 4.78 is 16.8. The van der Waals surface area contributed by atoms with E-state index in [0.29, 0.717) is 24.2 Å². The van der Waals surface area contributed by atoms with Gasteiger partial charge in [0, 0.05) is 0 Å². The molecule has 0 amide bonds. The third-order valence-corrected chi connectivity index (χ3v) is 3.81. The molecule has 9 nitrogen and oxygen atoms in total. The van der Waals surface area contributed by atoms with Gasteiger partial charge in [-0.1, -0.05) is 0 Å².